The summed E-state index contributed by atoms with van der Waals surface area (Å²) in [6.45, 7) is 1.59. The van der Waals surface area contributed by atoms with Crippen LogP contribution in [0.5, 0.6) is 5.75 Å². The van der Waals surface area contributed by atoms with Gasteiger partial charge >= 0.3 is 0 Å². The van der Waals surface area contributed by atoms with Gasteiger partial charge < -0.3 is 15.0 Å². The van der Waals surface area contributed by atoms with Gasteiger partial charge in [0.1, 0.15) is 5.75 Å². The highest BCUT2D eigenvalue weighted by atomic mass is 35.5. The first-order chi connectivity index (χ1) is 10.6. The fraction of sp³-hybridized carbons (Fsp3) is 0.467. The highest BCUT2D eigenvalue weighted by Crippen LogP contribution is 2.27. The Hall–Kier alpha value is -1.46. The van der Waals surface area contributed by atoms with Crippen molar-refractivity contribution in [2.75, 3.05) is 26.2 Å². The molecule has 1 fully saturated rings. The third-order valence-corrected chi connectivity index (χ3v) is 3.91. The predicted octanol–water partition coefficient (Wildman–Crippen LogP) is 2.50. The molecule has 2 rings (SSSR count). The van der Waals surface area contributed by atoms with Gasteiger partial charge in [-0.3, -0.25) is 9.59 Å². The van der Waals surface area contributed by atoms with Crippen LogP contribution in [0.2, 0.25) is 10.0 Å². The zero-order valence-electron chi connectivity index (χ0n) is 12.1. The first kappa shape index (κ1) is 16.9. The van der Waals surface area contributed by atoms with E-state index in [1.807, 2.05) is 0 Å². The van der Waals surface area contributed by atoms with E-state index in [-0.39, 0.29) is 18.4 Å². The number of hydrogen-bond donors (Lipinski definition) is 1. The van der Waals surface area contributed by atoms with Crippen molar-refractivity contribution >= 4 is 35.0 Å². The van der Waals surface area contributed by atoms with Crippen molar-refractivity contribution < 1.29 is 14.3 Å². The Bertz CT molecular complexity index is 552. The molecule has 7 heteroatoms. The minimum atomic E-state index is -0.254. The average molecular weight is 345 g/mol. The van der Waals surface area contributed by atoms with E-state index < -0.39 is 0 Å². The number of carbonyl (C=O) groups excluding carboxylic acids is 2. The molecule has 0 atom stereocenters. The van der Waals surface area contributed by atoms with Crippen molar-refractivity contribution in [3.63, 3.8) is 0 Å². The standard InChI is InChI=1S/C15H18Cl2N2O3/c16-11-4-5-13(12(17)9-11)22-10-14(20)18-6-8-19-7-2-1-3-15(19)21/h4-5,9H,1-3,6-8,10H2,(H,18,20). The topological polar surface area (TPSA) is 58.6 Å². The molecule has 1 aliphatic heterocycles. The van der Waals surface area contributed by atoms with Crippen LogP contribution < -0.4 is 10.1 Å². The highest BCUT2D eigenvalue weighted by molar-refractivity contribution is 6.35. The summed E-state index contributed by atoms with van der Waals surface area (Å²) in [7, 11) is 0. The van der Waals surface area contributed by atoms with Crippen molar-refractivity contribution in [1.29, 1.82) is 0 Å². The molecule has 0 spiro atoms. The lowest BCUT2D eigenvalue weighted by Gasteiger charge is -2.26. The third-order valence-electron chi connectivity index (χ3n) is 3.38. The lowest BCUT2D eigenvalue weighted by atomic mass is 10.1. The molecule has 0 bridgehead atoms. The van der Waals surface area contributed by atoms with Crippen LogP contribution in [0.3, 0.4) is 0 Å². The molecule has 2 amide bonds. The molecule has 1 aromatic carbocycles. The van der Waals surface area contributed by atoms with Gasteiger partial charge in [0.05, 0.1) is 5.02 Å². The fourth-order valence-corrected chi connectivity index (χ4v) is 2.68. The normalized spacial score (nSPS) is 14.8. The lowest BCUT2D eigenvalue weighted by molar-refractivity contribution is -0.133. The molecule has 0 unspecified atom stereocenters. The summed E-state index contributed by atoms with van der Waals surface area (Å²) < 4.78 is 5.33. The number of carbonyl (C=O) groups is 2. The van der Waals surface area contributed by atoms with Crippen LogP contribution in [-0.2, 0) is 9.59 Å². The Morgan fingerprint density at radius 1 is 1.32 bits per heavy atom. The maximum atomic E-state index is 11.7. The summed E-state index contributed by atoms with van der Waals surface area (Å²) in [6, 6.07) is 4.81. The molecular formula is C15H18Cl2N2O3. The minimum absolute atomic E-state index is 0.130. The quantitative estimate of drug-likeness (QED) is 0.862. The molecule has 0 aromatic heterocycles. The van der Waals surface area contributed by atoms with E-state index in [1.54, 1.807) is 23.1 Å². The number of nitrogens with zero attached hydrogens (tertiary/aromatic N) is 1. The Morgan fingerprint density at radius 2 is 2.14 bits per heavy atom. The molecule has 5 nitrogen and oxygen atoms in total. The Kier molecular flexibility index (Phi) is 6.34. The molecule has 1 N–H and O–H groups in total. The monoisotopic (exact) mass is 344 g/mol. The number of amides is 2. The number of ether oxygens (including phenoxy) is 1. The van der Waals surface area contributed by atoms with Gasteiger partial charge in [-0.2, -0.15) is 0 Å². The first-order valence-electron chi connectivity index (χ1n) is 7.18. The van der Waals surface area contributed by atoms with Crippen molar-refractivity contribution in [1.82, 2.24) is 10.2 Å². The van der Waals surface area contributed by atoms with Crippen molar-refractivity contribution in [2.24, 2.45) is 0 Å². The van der Waals surface area contributed by atoms with Crippen LogP contribution in [0.15, 0.2) is 18.2 Å². The summed E-state index contributed by atoms with van der Waals surface area (Å²) in [5.74, 6) is 0.313. The van der Waals surface area contributed by atoms with Crippen LogP contribution in [0.4, 0.5) is 0 Å². The van der Waals surface area contributed by atoms with Gasteiger partial charge in [0.2, 0.25) is 5.91 Å². The second-order valence-corrected chi connectivity index (χ2v) is 5.89. The minimum Gasteiger partial charge on any atom is -0.482 e. The molecule has 0 aliphatic carbocycles. The SMILES string of the molecule is O=C(COc1ccc(Cl)cc1Cl)NCCN1CCCCC1=O. The molecule has 0 saturated carbocycles. The fourth-order valence-electron chi connectivity index (χ4n) is 2.22. The van der Waals surface area contributed by atoms with Gasteiger partial charge in [0.25, 0.3) is 5.91 Å². The average Bonchev–Trinajstić information content (AvgIpc) is 2.48. The van der Waals surface area contributed by atoms with Crippen LogP contribution in [0, 0.1) is 0 Å². The number of rotatable bonds is 6. The molecule has 120 valence electrons. The second kappa shape index (κ2) is 8.25. The smallest absolute Gasteiger partial charge is 0.258 e. The molecule has 1 aromatic rings. The van der Waals surface area contributed by atoms with Gasteiger partial charge in [-0.1, -0.05) is 23.2 Å². The van der Waals surface area contributed by atoms with Gasteiger partial charge in [-0.15, -0.1) is 0 Å². The van der Waals surface area contributed by atoms with Gasteiger partial charge in [0.15, 0.2) is 6.61 Å². The molecular weight excluding hydrogens is 327 g/mol. The number of benzene rings is 1. The van der Waals surface area contributed by atoms with Gasteiger partial charge in [-0.25, -0.2) is 0 Å². The Labute approximate surface area is 139 Å². The van der Waals surface area contributed by atoms with Crippen molar-refractivity contribution in [3.8, 4) is 5.75 Å². The highest BCUT2D eigenvalue weighted by Gasteiger charge is 2.17. The van der Waals surface area contributed by atoms with E-state index in [0.29, 0.717) is 35.3 Å². The zero-order chi connectivity index (χ0) is 15.9. The van der Waals surface area contributed by atoms with Crippen LogP contribution in [0.25, 0.3) is 0 Å². The number of nitrogens with one attached hydrogen (secondary N) is 1. The maximum absolute atomic E-state index is 11.7. The maximum Gasteiger partial charge on any atom is 0.258 e. The van der Waals surface area contributed by atoms with Crippen molar-refractivity contribution in [2.45, 2.75) is 19.3 Å². The summed E-state index contributed by atoms with van der Waals surface area (Å²) in [6.07, 6.45) is 2.58. The Morgan fingerprint density at radius 3 is 2.86 bits per heavy atom. The van der Waals surface area contributed by atoms with Gasteiger partial charge in [-0.05, 0) is 31.0 Å². The van der Waals surface area contributed by atoms with E-state index in [1.165, 1.54) is 0 Å². The number of hydrogen-bond acceptors (Lipinski definition) is 3. The molecule has 1 aliphatic rings. The number of piperidine rings is 1. The second-order valence-electron chi connectivity index (χ2n) is 5.05. The molecule has 1 heterocycles. The number of likely N-dealkylation sites (tertiary alicyclic amines) is 1. The van der Waals surface area contributed by atoms with Crippen molar-refractivity contribution in [3.05, 3.63) is 28.2 Å². The van der Waals surface area contributed by atoms with E-state index in [4.69, 9.17) is 27.9 Å². The van der Waals surface area contributed by atoms with Crippen LogP contribution in [-0.4, -0.2) is 43.0 Å². The molecule has 0 radical (unpaired) electrons. The van der Waals surface area contributed by atoms with Crippen LogP contribution >= 0.6 is 23.2 Å². The van der Waals surface area contributed by atoms with E-state index in [9.17, 15) is 9.59 Å². The first-order valence-corrected chi connectivity index (χ1v) is 7.94. The van der Waals surface area contributed by atoms with Crippen LogP contribution in [0.1, 0.15) is 19.3 Å². The van der Waals surface area contributed by atoms with E-state index in [2.05, 4.69) is 5.32 Å². The third kappa shape index (κ3) is 5.07. The summed E-state index contributed by atoms with van der Waals surface area (Å²) in [5, 5.41) is 3.59. The number of halogens is 2. The summed E-state index contributed by atoms with van der Waals surface area (Å²) in [4.78, 5) is 25.1. The summed E-state index contributed by atoms with van der Waals surface area (Å²) >= 11 is 11.7. The lowest BCUT2D eigenvalue weighted by Crippen LogP contribution is -2.41. The van der Waals surface area contributed by atoms with Gasteiger partial charge in [0, 0.05) is 31.1 Å². The Balaban J connectivity index is 1.68. The van der Waals surface area contributed by atoms with E-state index in [0.717, 1.165) is 19.4 Å². The van der Waals surface area contributed by atoms with E-state index >= 15 is 0 Å². The predicted molar refractivity (Wildman–Crippen MR) is 85.4 cm³/mol. The molecule has 22 heavy (non-hydrogen) atoms. The summed E-state index contributed by atoms with van der Waals surface area (Å²) in [5.41, 5.74) is 0. The molecule has 1 saturated heterocycles. The largest absolute Gasteiger partial charge is 0.482 e. The zero-order valence-corrected chi connectivity index (χ0v) is 13.6.